The van der Waals surface area contributed by atoms with E-state index in [0.717, 1.165) is 12.1 Å². The van der Waals surface area contributed by atoms with E-state index in [2.05, 4.69) is 16.0 Å². The normalized spacial score (nSPS) is 15.0. The van der Waals surface area contributed by atoms with Crippen molar-refractivity contribution in [3.05, 3.63) is 57.6 Å². The molecule has 0 bridgehead atoms. The molecule has 0 saturated carbocycles. The van der Waals surface area contributed by atoms with Crippen LogP contribution in [-0.4, -0.2) is 72.2 Å². The zero-order valence-corrected chi connectivity index (χ0v) is 22.1. The van der Waals surface area contributed by atoms with Gasteiger partial charge in [0.25, 0.3) is 11.8 Å². The zero-order chi connectivity index (χ0) is 32.6. The minimum absolute atomic E-state index is 0.315. The molecule has 1 unspecified atom stereocenters. The van der Waals surface area contributed by atoms with Crippen LogP contribution in [-0.2, 0) is 44.5 Å². The van der Waals surface area contributed by atoms with Crippen molar-refractivity contribution in [2.24, 2.45) is 0 Å². The van der Waals surface area contributed by atoms with Crippen molar-refractivity contribution in [3.63, 3.8) is 0 Å². The lowest BCUT2D eigenvalue weighted by Gasteiger charge is -2.20. The van der Waals surface area contributed by atoms with Crippen molar-refractivity contribution in [1.82, 2.24) is 16.0 Å². The van der Waals surface area contributed by atoms with Crippen LogP contribution in [0.4, 0.5) is 26.3 Å². The van der Waals surface area contributed by atoms with E-state index in [1.807, 2.05) is 0 Å². The number of amides is 3. The predicted octanol–water partition coefficient (Wildman–Crippen LogP) is -0.721. The molecule has 2 aromatic rings. The number of halogens is 6. The van der Waals surface area contributed by atoms with E-state index in [1.54, 1.807) is 0 Å². The molecule has 0 fully saturated rings. The van der Waals surface area contributed by atoms with E-state index < -0.39 is 117 Å². The van der Waals surface area contributed by atoms with E-state index in [4.69, 9.17) is 14.4 Å². The number of nitrogens with one attached hydrogen (secondary N) is 3. The van der Waals surface area contributed by atoms with Gasteiger partial charge in [0.05, 0.1) is 30.8 Å². The Kier molecular flexibility index (Phi) is 9.29. The van der Waals surface area contributed by atoms with Gasteiger partial charge in [-0.25, -0.2) is 0 Å². The lowest BCUT2D eigenvalue weighted by molar-refractivity contribution is -0.139. The summed E-state index contributed by atoms with van der Waals surface area (Å²) in [5.41, 5.74) is -5.23. The van der Waals surface area contributed by atoms with E-state index in [-0.39, 0.29) is 16.5 Å². The second kappa shape index (κ2) is 12.5. The van der Waals surface area contributed by atoms with Gasteiger partial charge in [-0.2, -0.15) is 26.3 Å². The molecule has 4 rings (SSSR count). The van der Waals surface area contributed by atoms with Gasteiger partial charge in [-0.05, 0) is 46.3 Å². The van der Waals surface area contributed by atoms with Gasteiger partial charge in [0, 0.05) is 24.2 Å². The molecule has 2 aliphatic rings. The maximum Gasteiger partial charge on any atom is 0.491 e. The molecule has 0 spiro atoms. The van der Waals surface area contributed by atoms with Crippen LogP contribution in [0.15, 0.2) is 24.3 Å². The van der Waals surface area contributed by atoms with Gasteiger partial charge in [0.15, 0.2) is 0 Å². The third kappa shape index (κ3) is 7.15. The van der Waals surface area contributed by atoms with Crippen LogP contribution in [0.2, 0.25) is 0 Å². The zero-order valence-electron chi connectivity index (χ0n) is 22.1. The van der Waals surface area contributed by atoms with Crippen molar-refractivity contribution >= 4 is 48.9 Å². The van der Waals surface area contributed by atoms with Crippen LogP contribution < -0.4 is 26.9 Å². The number of alkyl halides is 6. The molecule has 0 saturated heterocycles. The van der Waals surface area contributed by atoms with Crippen molar-refractivity contribution in [2.75, 3.05) is 13.1 Å². The van der Waals surface area contributed by atoms with Crippen LogP contribution in [0.5, 0.6) is 0 Å². The number of carboxylic acids is 1. The molecule has 12 nitrogen and oxygen atoms in total. The smallest absolute Gasteiger partial charge is 0.481 e. The molecule has 3 amide bonds. The summed E-state index contributed by atoms with van der Waals surface area (Å²) < 4.78 is 91.5. The Morgan fingerprint density at radius 2 is 1.27 bits per heavy atom. The number of carbonyl (C=O) groups is 4. The van der Waals surface area contributed by atoms with Gasteiger partial charge in [-0.1, -0.05) is 0 Å². The Hall–Kier alpha value is -4.13. The van der Waals surface area contributed by atoms with Gasteiger partial charge in [-0.15, -0.1) is 0 Å². The first kappa shape index (κ1) is 32.8. The summed E-state index contributed by atoms with van der Waals surface area (Å²) in [5.74, 6) is -4.86. The molecule has 20 heteroatoms. The standard InChI is InChI=1S/C24H21B2F6N3O9/c27-23(28,29)14-3-10(5-16-12(14)8-43-25(16)41)20(38)34-7-18(22(40)33-2-1-19(36)37)35-21(39)11-4-15(24(30,31)32)13-9-44-26(42)17(13)6-11/h3-6,18,41-42H,1-2,7-9H2,(H,33,40)(H,34,38)(H,35,39)(H,36,37). The van der Waals surface area contributed by atoms with Gasteiger partial charge in [0.1, 0.15) is 6.04 Å². The highest BCUT2D eigenvalue weighted by Gasteiger charge is 2.42. The Balaban J connectivity index is 1.58. The molecule has 0 aromatic heterocycles. The quantitative estimate of drug-likeness (QED) is 0.154. The van der Waals surface area contributed by atoms with Crippen molar-refractivity contribution in [2.45, 2.75) is 38.0 Å². The van der Waals surface area contributed by atoms with Gasteiger partial charge < -0.3 is 40.4 Å². The fourth-order valence-electron chi connectivity index (χ4n) is 4.59. The van der Waals surface area contributed by atoms with Crippen molar-refractivity contribution in [3.8, 4) is 0 Å². The number of hydrogen-bond acceptors (Lipinski definition) is 8. The molecule has 234 valence electrons. The Morgan fingerprint density at radius 1 is 0.795 bits per heavy atom. The van der Waals surface area contributed by atoms with Crippen LogP contribution in [0.25, 0.3) is 0 Å². The summed E-state index contributed by atoms with van der Waals surface area (Å²) in [4.78, 5) is 49.4. The molecule has 2 aliphatic heterocycles. The highest BCUT2D eigenvalue weighted by Crippen LogP contribution is 2.35. The van der Waals surface area contributed by atoms with Crippen molar-refractivity contribution in [1.29, 1.82) is 0 Å². The second-order valence-electron chi connectivity index (χ2n) is 9.68. The van der Waals surface area contributed by atoms with Crippen LogP contribution in [0, 0.1) is 0 Å². The minimum Gasteiger partial charge on any atom is -0.481 e. The third-order valence-electron chi connectivity index (χ3n) is 6.73. The minimum atomic E-state index is -4.96. The highest BCUT2D eigenvalue weighted by molar-refractivity contribution is 6.62. The Bertz CT molecular complexity index is 1510. The number of benzene rings is 2. The SMILES string of the molecule is O=C(O)CCNC(=O)C(CNC(=O)c1cc2c(c(C(F)(F)F)c1)COB2O)NC(=O)c1cc2c(c(C(F)(F)F)c1)COB2O. The van der Waals surface area contributed by atoms with Crippen molar-refractivity contribution < 1.29 is 70.0 Å². The lowest BCUT2D eigenvalue weighted by atomic mass is 9.77. The number of carbonyl (C=O) groups excluding carboxylic acids is 3. The van der Waals surface area contributed by atoms with E-state index in [1.165, 1.54) is 0 Å². The first-order valence-electron chi connectivity index (χ1n) is 12.6. The topological polar surface area (TPSA) is 184 Å². The Morgan fingerprint density at radius 3 is 1.73 bits per heavy atom. The molecule has 6 N–H and O–H groups in total. The molecule has 44 heavy (non-hydrogen) atoms. The fraction of sp³-hybridized carbons (Fsp3) is 0.333. The Labute approximate surface area is 244 Å². The lowest BCUT2D eigenvalue weighted by Crippen LogP contribution is -2.53. The third-order valence-corrected chi connectivity index (χ3v) is 6.73. The fourth-order valence-corrected chi connectivity index (χ4v) is 4.59. The van der Waals surface area contributed by atoms with Crippen LogP contribution >= 0.6 is 0 Å². The summed E-state index contributed by atoms with van der Waals surface area (Å²) in [5, 5.41) is 35.0. The summed E-state index contributed by atoms with van der Waals surface area (Å²) >= 11 is 0. The van der Waals surface area contributed by atoms with Gasteiger partial charge in [-0.3, -0.25) is 19.2 Å². The molecule has 0 aliphatic carbocycles. The molecule has 2 aromatic carbocycles. The van der Waals surface area contributed by atoms with E-state index in [0.29, 0.717) is 12.1 Å². The average molecular weight is 631 g/mol. The van der Waals surface area contributed by atoms with Crippen LogP contribution in [0.3, 0.4) is 0 Å². The summed E-state index contributed by atoms with van der Waals surface area (Å²) in [7, 11) is -3.52. The largest absolute Gasteiger partial charge is 0.491 e. The predicted molar refractivity (Wildman–Crippen MR) is 137 cm³/mol. The number of hydrogen-bond donors (Lipinski definition) is 6. The summed E-state index contributed by atoms with van der Waals surface area (Å²) in [6.45, 7) is -2.42. The first-order chi connectivity index (χ1) is 20.5. The summed E-state index contributed by atoms with van der Waals surface area (Å²) in [6.07, 6.45) is -10.5. The molecule has 0 radical (unpaired) electrons. The van der Waals surface area contributed by atoms with Gasteiger partial charge in [0.2, 0.25) is 5.91 Å². The molecular weight excluding hydrogens is 610 g/mol. The number of aliphatic carboxylic acids is 1. The molecule has 1 atom stereocenters. The summed E-state index contributed by atoms with van der Waals surface area (Å²) in [6, 6.07) is 1.03. The van der Waals surface area contributed by atoms with E-state index in [9.17, 15) is 55.6 Å². The van der Waals surface area contributed by atoms with Gasteiger partial charge >= 0.3 is 32.6 Å². The molecular formula is C24H21B2F6N3O9. The average Bonchev–Trinajstić information content (AvgIpc) is 3.50. The maximum atomic E-state index is 13.7. The molecule has 2 heterocycles. The monoisotopic (exact) mass is 631 g/mol. The number of rotatable bonds is 9. The second-order valence-corrected chi connectivity index (χ2v) is 9.68. The van der Waals surface area contributed by atoms with E-state index >= 15 is 0 Å². The number of fused-ring (bicyclic) bond motifs is 2. The highest BCUT2D eigenvalue weighted by atomic mass is 19.4. The maximum absolute atomic E-state index is 13.7. The first-order valence-corrected chi connectivity index (χ1v) is 12.6. The number of carboxylic acid groups (broad SMARTS) is 1. The van der Waals surface area contributed by atoms with Crippen LogP contribution in [0.1, 0.15) is 49.4 Å².